The predicted octanol–water partition coefficient (Wildman–Crippen LogP) is 2.88. The molecule has 1 rings (SSSR count). The molecule has 0 heterocycles. The summed E-state index contributed by atoms with van der Waals surface area (Å²) >= 11 is 7.61. The third-order valence-electron chi connectivity index (χ3n) is 1.26. The summed E-state index contributed by atoms with van der Waals surface area (Å²) in [6, 6.07) is 9.66. The highest BCUT2D eigenvalue weighted by atomic mass is 32.2. The maximum absolute atomic E-state index is 10.3. The average molecular weight is 244 g/mol. The lowest BCUT2D eigenvalue weighted by Gasteiger charge is -2.00. The first-order valence-electron chi connectivity index (χ1n) is 3.80. The number of thioether (sulfide) groups is 2. The van der Waals surface area contributed by atoms with Crippen LogP contribution in [-0.2, 0) is 4.79 Å². The smallest absolute Gasteiger partial charge is 0.313 e. The summed E-state index contributed by atoms with van der Waals surface area (Å²) in [5.41, 5.74) is 0. The van der Waals surface area contributed by atoms with Gasteiger partial charge in [0.25, 0.3) is 0 Å². The van der Waals surface area contributed by atoms with Crippen molar-refractivity contribution in [2.24, 2.45) is 0 Å². The van der Waals surface area contributed by atoms with E-state index in [9.17, 15) is 4.79 Å². The molecule has 0 unspecified atom stereocenters. The van der Waals surface area contributed by atoms with Crippen LogP contribution < -0.4 is 0 Å². The Hall–Kier alpha value is -0.520. The number of carboxylic acid groups (broad SMARTS) is 1. The Morgan fingerprint density at radius 1 is 1.36 bits per heavy atom. The lowest BCUT2D eigenvalue weighted by molar-refractivity contribution is -0.133. The van der Waals surface area contributed by atoms with Gasteiger partial charge in [-0.3, -0.25) is 4.79 Å². The van der Waals surface area contributed by atoms with Gasteiger partial charge in [0.15, 0.2) is 0 Å². The third kappa shape index (κ3) is 4.64. The van der Waals surface area contributed by atoms with Gasteiger partial charge in [-0.1, -0.05) is 53.9 Å². The zero-order valence-corrected chi connectivity index (χ0v) is 9.62. The number of benzene rings is 1. The van der Waals surface area contributed by atoms with Crippen molar-refractivity contribution < 1.29 is 9.90 Å². The summed E-state index contributed by atoms with van der Waals surface area (Å²) in [4.78, 5) is 11.3. The molecule has 0 saturated carbocycles. The van der Waals surface area contributed by atoms with Crippen LogP contribution in [0.1, 0.15) is 0 Å². The largest absolute Gasteiger partial charge is 0.481 e. The summed E-state index contributed by atoms with van der Waals surface area (Å²) < 4.78 is 0.638. The summed E-state index contributed by atoms with van der Waals surface area (Å²) in [7, 11) is 0. The van der Waals surface area contributed by atoms with Crippen molar-refractivity contribution in [3.8, 4) is 0 Å². The van der Waals surface area contributed by atoms with Crippen molar-refractivity contribution in [2.75, 3.05) is 5.75 Å². The molecule has 0 amide bonds. The second-order valence-corrected chi connectivity index (χ2v) is 5.60. The van der Waals surface area contributed by atoms with Crippen molar-refractivity contribution in [1.82, 2.24) is 0 Å². The maximum atomic E-state index is 10.3. The molecule has 1 aromatic carbocycles. The Balaban J connectivity index is 2.38. The number of carboxylic acids is 1. The first kappa shape index (κ1) is 11.6. The highest BCUT2D eigenvalue weighted by Crippen LogP contribution is 2.25. The number of carbonyl (C=O) groups is 1. The van der Waals surface area contributed by atoms with Gasteiger partial charge in [0.2, 0.25) is 0 Å². The second-order valence-electron chi connectivity index (χ2n) is 2.35. The predicted molar refractivity (Wildman–Crippen MR) is 65.0 cm³/mol. The van der Waals surface area contributed by atoms with Crippen LogP contribution in [0.25, 0.3) is 0 Å². The SMILES string of the molecule is O=C(O)CSC(=S)Sc1ccccc1. The fourth-order valence-corrected chi connectivity index (χ4v) is 2.63. The molecule has 2 nitrogen and oxygen atoms in total. The van der Waals surface area contributed by atoms with Gasteiger partial charge < -0.3 is 5.11 Å². The topological polar surface area (TPSA) is 37.3 Å². The fraction of sp³-hybridized carbons (Fsp3) is 0.111. The standard InChI is InChI=1S/C9H8O2S3/c10-8(11)6-13-9(12)14-7-4-2-1-3-5-7/h1-5H,6H2,(H,10,11). The molecule has 0 aliphatic heterocycles. The normalized spacial score (nSPS) is 9.71. The van der Waals surface area contributed by atoms with E-state index >= 15 is 0 Å². The van der Waals surface area contributed by atoms with E-state index in [1.165, 1.54) is 23.5 Å². The molecule has 0 aliphatic rings. The molecule has 0 atom stereocenters. The van der Waals surface area contributed by atoms with Gasteiger partial charge in [0.1, 0.15) is 3.53 Å². The second kappa shape index (κ2) is 6.06. The molecule has 0 fully saturated rings. The highest BCUT2D eigenvalue weighted by molar-refractivity contribution is 8.47. The molecule has 0 radical (unpaired) electrons. The Bertz CT molecular complexity index is 324. The Kier molecular flexibility index (Phi) is 5.00. The monoisotopic (exact) mass is 244 g/mol. The lowest BCUT2D eigenvalue weighted by atomic mass is 10.4. The number of rotatable bonds is 3. The zero-order valence-electron chi connectivity index (χ0n) is 7.17. The van der Waals surface area contributed by atoms with Gasteiger partial charge in [0, 0.05) is 4.90 Å². The van der Waals surface area contributed by atoms with Gasteiger partial charge in [-0.15, -0.1) is 0 Å². The quantitative estimate of drug-likeness (QED) is 0.653. The van der Waals surface area contributed by atoms with Crippen LogP contribution in [0.5, 0.6) is 0 Å². The molecule has 0 aliphatic carbocycles. The van der Waals surface area contributed by atoms with Gasteiger partial charge in [-0.05, 0) is 12.1 Å². The molecule has 0 aromatic heterocycles. The third-order valence-corrected chi connectivity index (χ3v) is 3.77. The average Bonchev–Trinajstić information content (AvgIpc) is 2.16. The number of aliphatic carboxylic acids is 1. The molecule has 0 spiro atoms. The van der Waals surface area contributed by atoms with Crippen LogP contribution in [-0.4, -0.2) is 20.4 Å². The van der Waals surface area contributed by atoms with Gasteiger partial charge in [-0.2, -0.15) is 0 Å². The minimum atomic E-state index is -0.842. The summed E-state index contributed by atoms with van der Waals surface area (Å²) in [5.74, 6) is -0.815. The van der Waals surface area contributed by atoms with Crippen molar-refractivity contribution in [1.29, 1.82) is 0 Å². The van der Waals surface area contributed by atoms with E-state index in [2.05, 4.69) is 0 Å². The zero-order chi connectivity index (χ0) is 10.4. The molecule has 5 heteroatoms. The van der Waals surface area contributed by atoms with E-state index in [1.807, 2.05) is 30.3 Å². The van der Waals surface area contributed by atoms with Gasteiger partial charge >= 0.3 is 5.97 Å². The first-order chi connectivity index (χ1) is 6.68. The summed E-state index contributed by atoms with van der Waals surface area (Å²) in [6.45, 7) is 0. The van der Waals surface area contributed by atoms with E-state index in [4.69, 9.17) is 17.3 Å². The van der Waals surface area contributed by atoms with E-state index < -0.39 is 5.97 Å². The van der Waals surface area contributed by atoms with E-state index in [1.54, 1.807) is 0 Å². The van der Waals surface area contributed by atoms with Crippen molar-refractivity contribution in [3.63, 3.8) is 0 Å². The van der Waals surface area contributed by atoms with Crippen molar-refractivity contribution in [2.45, 2.75) is 4.90 Å². The molecular weight excluding hydrogens is 236 g/mol. The Labute approximate surface area is 96.1 Å². The lowest BCUT2D eigenvalue weighted by Crippen LogP contribution is -1.99. The van der Waals surface area contributed by atoms with Crippen molar-refractivity contribution >= 4 is 45.2 Å². The van der Waals surface area contributed by atoms with Crippen molar-refractivity contribution in [3.05, 3.63) is 30.3 Å². The van der Waals surface area contributed by atoms with Crippen LogP contribution in [0.3, 0.4) is 0 Å². The Morgan fingerprint density at radius 2 is 2.00 bits per heavy atom. The van der Waals surface area contributed by atoms with Crippen LogP contribution in [0, 0.1) is 0 Å². The summed E-state index contributed by atoms with van der Waals surface area (Å²) in [5, 5.41) is 8.44. The van der Waals surface area contributed by atoms with Crippen LogP contribution in [0.4, 0.5) is 0 Å². The number of thiocarbonyl (C=S) groups is 1. The molecule has 74 valence electrons. The van der Waals surface area contributed by atoms with E-state index in [0.29, 0.717) is 3.53 Å². The molecule has 1 N–H and O–H groups in total. The molecule has 0 bridgehead atoms. The molecule has 0 saturated heterocycles. The van der Waals surface area contributed by atoms with Crippen LogP contribution in [0.15, 0.2) is 35.2 Å². The minimum Gasteiger partial charge on any atom is -0.481 e. The molecule has 14 heavy (non-hydrogen) atoms. The minimum absolute atomic E-state index is 0.0265. The van der Waals surface area contributed by atoms with E-state index in [0.717, 1.165) is 4.90 Å². The Morgan fingerprint density at radius 3 is 2.57 bits per heavy atom. The van der Waals surface area contributed by atoms with Crippen LogP contribution in [0.2, 0.25) is 0 Å². The first-order valence-corrected chi connectivity index (χ1v) is 6.01. The summed E-state index contributed by atoms with van der Waals surface area (Å²) in [6.07, 6.45) is 0. The van der Waals surface area contributed by atoms with Crippen LogP contribution >= 0.6 is 35.7 Å². The maximum Gasteiger partial charge on any atom is 0.313 e. The fourth-order valence-electron chi connectivity index (χ4n) is 0.735. The van der Waals surface area contributed by atoms with E-state index in [-0.39, 0.29) is 5.75 Å². The number of hydrogen-bond acceptors (Lipinski definition) is 4. The van der Waals surface area contributed by atoms with Gasteiger partial charge in [0.05, 0.1) is 5.75 Å². The van der Waals surface area contributed by atoms with Gasteiger partial charge in [-0.25, -0.2) is 0 Å². The molecular formula is C9H8O2S3. The number of hydrogen-bond donors (Lipinski definition) is 1. The highest BCUT2D eigenvalue weighted by Gasteiger charge is 2.03. The molecule has 1 aromatic rings.